The van der Waals surface area contributed by atoms with Gasteiger partial charge in [-0.2, -0.15) is 0 Å². The van der Waals surface area contributed by atoms with Gasteiger partial charge in [-0.15, -0.1) is 0 Å². The van der Waals surface area contributed by atoms with Gasteiger partial charge in [-0.25, -0.2) is 4.79 Å². The molecule has 2 aromatic rings. The minimum Gasteiger partial charge on any atom is -0.452 e. The summed E-state index contributed by atoms with van der Waals surface area (Å²) in [5.41, 5.74) is 3.53. The molecule has 35 heavy (non-hydrogen) atoms. The van der Waals surface area contributed by atoms with Crippen LogP contribution in [0.25, 0.3) is 0 Å². The molecule has 1 saturated heterocycles. The van der Waals surface area contributed by atoms with Crippen LogP contribution in [0.2, 0.25) is 0 Å². The second kappa shape index (κ2) is 10.4. The minimum atomic E-state index is -0.646. The predicted octanol–water partition coefficient (Wildman–Crippen LogP) is 4.53. The van der Waals surface area contributed by atoms with Gasteiger partial charge in [-0.05, 0) is 73.4 Å². The van der Waals surface area contributed by atoms with Crippen molar-refractivity contribution < 1.29 is 23.9 Å². The van der Waals surface area contributed by atoms with Gasteiger partial charge in [0.2, 0.25) is 11.8 Å². The van der Waals surface area contributed by atoms with E-state index in [-0.39, 0.29) is 29.2 Å². The molecule has 184 valence electrons. The molecule has 1 heterocycles. The summed E-state index contributed by atoms with van der Waals surface area (Å²) in [6.45, 7) is 5.74. The number of aryl methyl sites for hydroxylation is 2. The van der Waals surface area contributed by atoms with Crippen LogP contribution < -0.4 is 10.2 Å². The van der Waals surface area contributed by atoms with E-state index in [9.17, 15) is 19.2 Å². The molecule has 1 aliphatic carbocycles. The summed E-state index contributed by atoms with van der Waals surface area (Å²) in [6, 6.07) is 12.1. The number of fused-ring (bicyclic) bond motifs is 1. The summed E-state index contributed by atoms with van der Waals surface area (Å²) in [5, 5.41) is 2.87. The van der Waals surface area contributed by atoms with Crippen molar-refractivity contribution in [2.75, 3.05) is 16.8 Å². The van der Waals surface area contributed by atoms with E-state index < -0.39 is 18.5 Å². The fourth-order valence-electron chi connectivity index (χ4n) is 5.18. The Morgan fingerprint density at radius 2 is 1.57 bits per heavy atom. The van der Waals surface area contributed by atoms with Crippen molar-refractivity contribution in [3.63, 3.8) is 0 Å². The number of carbonyl (C=O) groups is 4. The lowest BCUT2D eigenvalue weighted by Crippen LogP contribution is -2.30. The molecule has 0 aromatic heterocycles. The van der Waals surface area contributed by atoms with Gasteiger partial charge >= 0.3 is 5.97 Å². The second-order valence-electron chi connectivity index (χ2n) is 9.47. The molecule has 3 amide bonds. The molecule has 2 aliphatic rings. The molecular weight excluding hydrogens is 444 g/mol. The number of nitrogens with one attached hydrogen (secondary N) is 1. The Hall–Kier alpha value is -3.48. The zero-order chi connectivity index (χ0) is 25.1. The van der Waals surface area contributed by atoms with Crippen molar-refractivity contribution in [1.29, 1.82) is 0 Å². The number of carbonyl (C=O) groups excluding carboxylic acids is 4. The molecule has 7 heteroatoms. The maximum Gasteiger partial charge on any atom is 0.338 e. The number of benzene rings is 2. The molecule has 3 atom stereocenters. The fourth-order valence-corrected chi connectivity index (χ4v) is 5.18. The summed E-state index contributed by atoms with van der Waals surface area (Å²) < 4.78 is 5.21. The molecule has 0 spiro atoms. The second-order valence-corrected chi connectivity index (χ2v) is 9.47. The smallest absolute Gasteiger partial charge is 0.338 e. The lowest BCUT2D eigenvalue weighted by molar-refractivity contribution is -0.122. The Morgan fingerprint density at radius 1 is 0.943 bits per heavy atom. The van der Waals surface area contributed by atoms with Gasteiger partial charge < -0.3 is 10.1 Å². The SMILES string of the molecule is CCc1cccc(CC)c1NC(=O)COC(=O)c1ccc(N2C(=O)[C@H]3C[C@@H](C)CC[C@H]3C2=O)cc1. The Kier molecular flexibility index (Phi) is 7.34. The van der Waals surface area contributed by atoms with Gasteiger partial charge in [0, 0.05) is 5.69 Å². The summed E-state index contributed by atoms with van der Waals surface area (Å²) in [6.07, 6.45) is 3.98. The molecule has 1 aliphatic heterocycles. The van der Waals surface area contributed by atoms with Gasteiger partial charge in [-0.3, -0.25) is 19.3 Å². The Bertz CT molecular complexity index is 1120. The molecule has 1 saturated carbocycles. The normalized spacial score (nSPS) is 21.6. The van der Waals surface area contributed by atoms with Crippen LogP contribution in [0.3, 0.4) is 0 Å². The third kappa shape index (κ3) is 4.99. The number of anilines is 2. The number of nitrogens with zero attached hydrogens (tertiary/aromatic N) is 1. The van der Waals surface area contributed by atoms with E-state index in [1.807, 2.05) is 32.0 Å². The predicted molar refractivity (Wildman–Crippen MR) is 133 cm³/mol. The maximum atomic E-state index is 12.9. The number of hydrogen-bond acceptors (Lipinski definition) is 5. The first-order chi connectivity index (χ1) is 16.8. The monoisotopic (exact) mass is 476 g/mol. The number of ether oxygens (including phenoxy) is 1. The molecular formula is C28H32N2O5. The molecule has 2 fully saturated rings. The largest absolute Gasteiger partial charge is 0.452 e. The summed E-state index contributed by atoms with van der Waals surface area (Å²) in [4.78, 5) is 52.0. The molecule has 0 radical (unpaired) electrons. The van der Waals surface area contributed by atoms with Gasteiger partial charge in [-0.1, -0.05) is 39.0 Å². The van der Waals surface area contributed by atoms with Crippen molar-refractivity contribution in [3.05, 3.63) is 59.2 Å². The van der Waals surface area contributed by atoms with E-state index in [4.69, 9.17) is 4.74 Å². The van der Waals surface area contributed by atoms with Crippen LogP contribution in [-0.4, -0.2) is 30.3 Å². The number of rotatable bonds is 7. The molecule has 0 unspecified atom stereocenters. The van der Waals surface area contributed by atoms with Crippen molar-refractivity contribution in [1.82, 2.24) is 0 Å². The zero-order valence-corrected chi connectivity index (χ0v) is 20.5. The quantitative estimate of drug-likeness (QED) is 0.468. The fraction of sp³-hybridized carbons (Fsp3) is 0.429. The van der Waals surface area contributed by atoms with Crippen LogP contribution in [0, 0.1) is 17.8 Å². The van der Waals surface area contributed by atoms with E-state index in [1.54, 1.807) is 12.1 Å². The highest BCUT2D eigenvalue weighted by Gasteiger charge is 2.49. The Labute approximate surface area is 205 Å². The van der Waals surface area contributed by atoms with E-state index >= 15 is 0 Å². The lowest BCUT2D eigenvalue weighted by Gasteiger charge is -2.25. The van der Waals surface area contributed by atoms with E-state index in [0.29, 0.717) is 11.6 Å². The first-order valence-electron chi connectivity index (χ1n) is 12.4. The number of amides is 3. The third-order valence-corrected chi connectivity index (χ3v) is 7.15. The van der Waals surface area contributed by atoms with Gasteiger partial charge in [0.15, 0.2) is 6.61 Å². The van der Waals surface area contributed by atoms with Gasteiger partial charge in [0.05, 0.1) is 23.1 Å². The zero-order valence-electron chi connectivity index (χ0n) is 20.5. The molecule has 1 N–H and O–H groups in total. The highest BCUT2D eigenvalue weighted by Crippen LogP contribution is 2.42. The number of hydrogen-bond donors (Lipinski definition) is 1. The molecule has 0 bridgehead atoms. The van der Waals surface area contributed by atoms with Crippen LogP contribution in [0.4, 0.5) is 11.4 Å². The summed E-state index contributed by atoms with van der Waals surface area (Å²) in [5.74, 6) is -1.42. The van der Waals surface area contributed by atoms with Crippen molar-refractivity contribution in [2.45, 2.75) is 52.9 Å². The van der Waals surface area contributed by atoms with Crippen LogP contribution in [0.5, 0.6) is 0 Å². The number of para-hydroxylation sites is 1. The van der Waals surface area contributed by atoms with Crippen molar-refractivity contribution >= 4 is 35.1 Å². The van der Waals surface area contributed by atoms with Gasteiger partial charge in [0.1, 0.15) is 0 Å². The van der Waals surface area contributed by atoms with Crippen LogP contribution >= 0.6 is 0 Å². The number of imide groups is 1. The first kappa shape index (κ1) is 24.6. The highest BCUT2D eigenvalue weighted by molar-refractivity contribution is 6.22. The Balaban J connectivity index is 1.37. The Morgan fingerprint density at radius 3 is 2.20 bits per heavy atom. The van der Waals surface area contributed by atoms with Crippen molar-refractivity contribution in [3.8, 4) is 0 Å². The summed E-state index contributed by atoms with van der Waals surface area (Å²) >= 11 is 0. The molecule has 7 nitrogen and oxygen atoms in total. The summed E-state index contributed by atoms with van der Waals surface area (Å²) in [7, 11) is 0. The third-order valence-electron chi connectivity index (χ3n) is 7.15. The number of esters is 1. The highest BCUT2D eigenvalue weighted by atomic mass is 16.5. The topological polar surface area (TPSA) is 92.8 Å². The lowest BCUT2D eigenvalue weighted by atomic mass is 9.76. The standard InChI is InChI=1S/C28H32N2O5/c1-4-18-7-6-8-19(5-2)25(18)29-24(31)16-35-28(34)20-10-12-21(13-11-20)30-26(32)22-14-9-17(3)15-23(22)27(30)33/h6-8,10-13,17,22-23H,4-5,9,14-16H2,1-3H3,(H,29,31)/t17-,22+,23-/m0/s1. The van der Waals surface area contributed by atoms with Gasteiger partial charge in [0.25, 0.3) is 5.91 Å². The molecule has 2 aromatic carbocycles. The van der Waals surface area contributed by atoms with Crippen LogP contribution in [0.15, 0.2) is 42.5 Å². The maximum absolute atomic E-state index is 12.9. The minimum absolute atomic E-state index is 0.155. The van der Waals surface area contributed by atoms with E-state index in [0.717, 1.165) is 48.9 Å². The molecule has 4 rings (SSSR count). The average molecular weight is 477 g/mol. The average Bonchev–Trinajstić information content (AvgIpc) is 3.11. The first-order valence-corrected chi connectivity index (χ1v) is 12.4. The van der Waals surface area contributed by atoms with Crippen LogP contribution in [-0.2, 0) is 32.0 Å². The van der Waals surface area contributed by atoms with E-state index in [2.05, 4.69) is 12.2 Å². The van der Waals surface area contributed by atoms with Crippen molar-refractivity contribution in [2.24, 2.45) is 17.8 Å². The van der Waals surface area contributed by atoms with E-state index in [1.165, 1.54) is 17.0 Å². The van der Waals surface area contributed by atoms with Crippen LogP contribution in [0.1, 0.15) is 61.5 Å².